The lowest BCUT2D eigenvalue weighted by molar-refractivity contribution is 0.198. The van der Waals surface area contributed by atoms with Crippen LogP contribution in [-0.2, 0) is 4.74 Å². The third kappa shape index (κ3) is 4.87. The Morgan fingerprint density at radius 2 is 1.92 bits per heavy atom. The molecule has 0 aliphatic carbocycles. The van der Waals surface area contributed by atoms with E-state index in [4.69, 9.17) is 25.8 Å². The summed E-state index contributed by atoms with van der Waals surface area (Å²) < 4.78 is 15.6. The van der Waals surface area contributed by atoms with Crippen LogP contribution in [0.3, 0.4) is 0 Å². The van der Waals surface area contributed by atoms with E-state index in [9.17, 15) is 0 Å². The molecule has 0 bridgehead atoms. The fourth-order valence-electron chi connectivity index (χ4n) is 2.03. The Balaban J connectivity index is 2.13. The number of hydrogen-bond acceptors (Lipinski definition) is 7. The van der Waals surface area contributed by atoms with Crippen molar-refractivity contribution in [3.05, 3.63) is 29.4 Å². The molecule has 1 aromatic carbocycles. The number of methoxy groups -OCH3 is 3. The first-order chi connectivity index (χ1) is 11.7. The number of hydrogen-bond donors (Lipinski definition) is 2. The van der Waals surface area contributed by atoms with Gasteiger partial charge in [-0.25, -0.2) is 4.98 Å². The van der Waals surface area contributed by atoms with Gasteiger partial charge in [0.15, 0.2) is 0 Å². The largest absolute Gasteiger partial charge is 0.495 e. The Morgan fingerprint density at radius 1 is 1.12 bits per heavy atom. The second-order valence-electron chi connectivity index (χ2n) is 4.85. The Morgan fingerprint density at radius 3 is 2.62 bits per heavy atom. The molecule has 0 spiro atoms. The molecule has 0 amide bonds. The van der Waals surface area contributed by atoms with Crippen LogP contribution in [0.4, 0.5) is 17.5 Å². The van der Waals surface area contributed by atoms with Crippen molar-refractivity contribution in [3.63, 3.8) is 0 Å². The van der Waals surface area contributed by atoms with Gasteiger partial charge in [0.25, 0.3) is 0 Å². The van der Waals surface area contributed by atoms with Crippen molar-refractivity contribution in [1.82, 2.24) is 9.97 Å². The van der Waals surface area contributed by atoms with E-state index < -0.39 is 0 Å². The van der Waals surface area contributed by atoms with E-state index in [-0.39, 0.29) is 0 Å². The highest BCUT2D eigenvalue weighted by atomic mass is 35.5. The van der Waals surface area contributed by atoms with Crippen LogP contribution < -0.4 is 20.1 Å². The van der Waals surface area contributed by atoms with Gasteiger partial charge in [-0.15, -0.1) is 0 Å². The molecule has 2 N–H and O–H groups in total. The van der Waals surface area contributed by atoms with Gasteiger partial charge < -0.3 is 24.8 Å². The molecule has 0 saturated carbocycles. The highest BCUT2D eigenvalue weighted by molar-refractivity contribution is 6.32. The lowest BCUT2D eigenvalue weighted by Crippen LogP contribution is -2.07. The second kappa shape index (κ2) is 9.14. The van der Waals surface area contributed by atoms with Crippen LogP contribution in [0.2, 0.25) is 5.02 Å². The fourth-order valence-corrected chi connectivity index (χ4v) is 2.26. The van der Waals surface area contributed by atoms with Gasteiger partial charge in [0.05, 0.1) is 24.9 Å². The number of rotatable bonds is 9. The molecular weight excluding hydrogens is 332 g/mol. The van der Waals surface area contributed by atoms with Gasteiger partial charge in [-0.3, -0.25) is 0 Å². The van der Waals surface area contributed by atoms with Gasteiger partial charge in [-0.2, -0.15) is 4.98 Å². The molecule has 130 valence electrons. The van der Waals surface area contributed by atoms with Crippen LogP contribution >= 0.6 is 11.6 Å². The molecule has 2 aromatic rings. The maximum absolute atomic E-state index is 6.11. The molecule has 1 heterocycles. The van der Waals surface area contributed by atoms with E-state index in [2.05, 4.69) is 20.6 Å². The average Bonchev–Trinajstić information content (AvgIpc) is 2.60. The third-order valence-corrected chi connectivity index (χ3v) is 3.50. The van der Waals surface area contributed by atoms with E-state index in [0.717, 1.165) is 18.8 Å². The molecule has 7 nitrogen and oxygen atoms in total. The van der Waals surface area contributed by atoms with Gasteiger partial charge in [0, 0.05) is 38.6 Å². The van der Waals surface area contributed by atoms with Crippen molar-refractivity contribution in [3.8, 4) is 11.5 Å². The van der Waals surface area contributed by atoms with E-state index in [1.807, 2.05) is 0 Å². The molecule has 24 heavy (non-hydrogen) atoms. The predicted molar refractivity (Wildman–Crippen MR) is 94.9 cm³/mol. The zero-order valence-corrected chi connectivity index (χ0v) is 14.7. The van der Waals surface area contributed by atoms with E-state index >= 15 is 0 Å². The molecule has 2 rings (SSSR count). The number of anilines is 3. The summed E-state index contributed by atoms with van der Waals surface area (Å²) in [6, 6.07) is 5.22. The third-order valence-electron chi connectivity index (χ3n) is 3.21. The fraction of sp³-hybridized carbons (Fsp3) is 0.375. The zero-order valence-electron chi connectivity index (χ0n) is 13.9. The highest BCUT2D eigenvalue weighted by Gasteiger charge is 2.11. The minimum atomic E-state index is 0.439. The van der Waals surface area contributed by atoms with Gasteiger partial charge >= 0.3 is 0 Å². The summed E-state index contributed by atoms with van der Waals surface area (Å²) in [5, 5.41) is 6.80. The monoisotopic (exact) mass is 352 g/mol. The summed E-state index contributed by atoms with van der Waals surface area (Å²) in [6.45, 7) is 1.47. The Hall–Kier alpha value is -2.25. The summed E-state index contributed by atoms with van der Waals surface area (Å²) in [4.78, 5) is 8.63. The van der Waals surface area contributed by atoms with E-state index in [1.165, 1.54) is 0 Å². The summed E-state index contributed by atoms with van der Waals surface area (Å²) in [7, 11) is 4.80. The van der Waals surface area contributed by atoms with Crippen LogP contribution in [0.5, 0.6) is 11.5 Å². The molecule has 0 atom stereocenters. The predicted octanol–water partition coefficient (Wildman–Crippen LogP) is 3.34. The topological polar surface area (TPSA) is 77.5 Å². The molecule has 0 fully saturated rings. The summed E-state index contributed by atoms with van der Waals surface area (Å²) >= 11 is 6.11. The van der Waals surface area contributed by atoms with Gasteiger partial charge in [-0.05, 0) is 12.5 Å². The number of nitrogens with zero attached hydrogens (tertiary/aromatic N) is 2. The van der Waals surface area contributed by atoms with Crippen LogP contribution in [0.1, 0.15) is 6.42 Å². The van der Waals surface area contributed by atoms with Gasteiger partial charge in [-0.1, -0.05) is 11.6 Å². The van der Waals surface area contributed by atoms with Crippen molar-refractivity contribution in [2.75, 3.05) is 45.1 Å². The summed E-state index contributed by atoms with van der Waals surface area (Å²) in [5.74, 6) is 2.27. The molecule has 8 heteroatoms. The Bertz CT molecular complexity index is 670. The molecular formula is C16H21ClN4O3. The molecule has 0 saturated heterocycles. The highest BCUT2D eigenvalue weighted by Crippen LogP contribution is 2.36. The quantitative estimate of drug-likeness (QED) is 0.670. The number of nitrogens with one attached hydrogen (secondary N) is 2. The van der Waals surface area contributed by atoms with Crippen LogP contribution in [0, 0.1) is 0 Å². The summed E-state index contributed by atoms with van der Waals surface area (Å²) in [5.41, 5.74) is 0.662. The SMILES string of the molecule is COCCCNc1ccnc(Nc2cc(OC)c(Cl)cc2OC)n1. The Kier molecular flexibility index (Phi) is 6.89. The summed E-state index contributed by atoms with van der Waals surface area (Å²) in [6.07, 6.45) is 2.57. The van der Waals surface area contributed by atoms with Gasteiger partial charge in [0.2, 0.25) is 5.95 Å². The van der Waals surface area contributed by atoms with E-state index in [0.29, 0.717) is 34.8 Å². The van der Waals surface area contributed by atoms with Gasteiger partial charge in [0.1, 0.15) is 17.3 Å². The number of benzene rings is 1. The smallest absolute Gasteiger partial charge is 0.229 e. The van der Waals surface area contributed by atoms with Crippen molar-refractivity contribution in [2.24, 2.45) is 0 Å². The second-order valence-corrected chi connectivity index (χ2v) is 5.26. The average molecular weight is 353 g/mol. The normalized spacial score (nSPS) is 10.3. The van der Waals surface area contributed by atoms with Crippen molar-refractivity contribution in [2.45, 2.75) is 6.42 Å². The lowest BCUT2D eigenvalue weighted by Gasteiger charge is -2.13. The first-order valence-corrected chi connectivity index (χ1v) is 7.80. The van der Waals surface area contributed by atoms with Crippen molar-refractivity contribution in [1.29, 1.82) is 0 Å². The van der Waals surface area contributed by atoms with E-state index in [1.54, 1.807) is 45.7 Å². The first-order valence-electron chi connectivity index (χ1n) is 7.42. The molecule has 0 unspecified atom stereocenters. The molecule has 1 aromatic heterocycles. The van der Waals surface area contributed by atoms with Crippen molar-refractivity contribution < 1.29 is 14.2 Å². The van der Waals surface area contributed by atoms with Crippen molar-refractivity contribution >= 4 is 29.1 Å². The number of aromatic nitrogens is 2. The first kappa shape index (κ1) is 18.1. The number of ether oxygens (including phenoxy) is 3. The molecule has 0 aliphatic rings. The van der Waals surface area contributed by atoms with Crippen LogP contribution in [0.15, 0.2) is 24.4 Å². The molecule has 0 aliphatic heterocycles. The lowest BCUT2D eigenvalue weighted by atomic mass is 10.2. The van der Waals surface area contributed by atoms with Crippen LogP contribution in [-0.4, -0.2) is 44.4 Å². The maximum atomic E-state index is 6.11. The van der Waals surface area contributed by atoms with Crippen LogP contribution in [0.25, 0.3) is 0 Å². The zero-order chi connectivity index (χ0) is 17.4. The number of halogens is 1. The molecule has 0 radical (unpaired) electrons. The minimum Gasteiger partial charge on any atom is -0.495 e. The maximum Gasteiger partial charge on any atom is 0.229 e. The minimum absolute atomic E-state index is 0.439. The standard InChI is InChI=1S/C16H21ClN4O3/c1-22-8-4-6-18-15-5-7-19-16(21-15)20-12-10-13(23-2)11(17)9-14(12)24-3/h5,7,9-10H,4,6,8H2,1-3H3,(H2,18,19,20,21). The Labute approximate surface area is 146 Å².